The average Bonchev–Trinajstić information content (AvgIpc) is 1.69. The van der Waals surface area contributed by atoms with Crippen LogP contribution in [0, 0.1) is 0 Å². The van der Waals surface area contributed by atoms with Crippen LogP contribution in [0.2, 0.25) is 0 Å². The van der Waals surface area contributed by atoms with E-state index < -0.39 is 0 Å². The van der Waals surface area contributed by atoms with E-state index in [9.17, 15) is 0 Å². The van der Waals surface area contributed by atoms with Crippen molar-refractivity contribution in [2.24, 2.45) is 0 Å². The Bertz CT molecular complexity index is 103. The predicted molar refractivity (Wildman–Crippen MR) is 38.1 cm³/mol. The van der Waals surface area contributed by atoms with Gasteiger partial charge in [0.2, 0.25) is 0 Å². The lowest BCUT2D eigenvalue weighted by atomic mass is 10.5. The van der Waals surface area contributed by atoms with E-state index in [1.54, 1.807) is 0 Å². The van der Waals surface area contributed by atoms with Crippen molar-refractivity contribution in [2.75, 3.05) is 12.0 Å². The number of hydrogen-bond acceptors (Lipinski definition) is 0. The first-order valence-electron chi connectivity index (χ1n) is 2.43. The van der Waals surface area contributed by atoms with Gasteiger partial charge in [-0.3, -0.25) is 0 Å². The molecule has 7 heavy (non-hydrogen) atoms. The minimum atomic E-state index is 0.241. The zero-order valence-corrected chi connectivity index (χ0v) is 5.36. The van der Waals surface area contributed by atoms with Crippen LogP contribution < -0.4 is 0 Å². The summed E-state index contributed by atoms with van der Waals surface area (Å²) in [5.41, 5.74) is 0. The molecule has 0 fully saturated rings. The molecule has 1 heterocycles. The number of hydrogen-bond donors (Lipinski definition) is 1. The topological polar surface area (TPSA) is 0 Å². The van der Waals surface area contributed by atoms with Gasteiger partial charge in [0.25, 0.3) is 0 Å². The second kappa shape index (κ2) is 2.22. The molecule has 1 aliphatic rings. The highest BCUT2D eigenvalue weighted by Gasteiger charge is 1.87. The van der Waals surface area contributed by atoms with E-state index in [0.29, 0.717) is 0 Å². The van der Waals surface area contributed by atoms with Crippen molar-refractivity contribution in [2.45, 2.75) is 0 Å². The van der Waals surface area contributed by atoms with Crippen LogP contribution in [0.25, 0.3) is 0 Å². The quantitative estimate of drug-likeness (QED) is 0.455. The highest BCUT2D eigenvalue weighted by atomic mass is 32.2. The molecule has 0 nitrogen and oxygen atoms in total. The minimum absolute atomic E-state index is 0.241. The van der Waals surface area contributed by atoms with E-state index in [-0.39, 0.29) is 10.9 Å². The summed E-state index contributed by atoms with van der Waals surface area (Å²) in [5.74, 6) is 1.28. The number of thiol groups is 1. The fourth-order valence-corrected chi connectivity index (χ4v) is 1.53. The molecule has 0 aliphatic carbocycles. The average molecular weight is 114 g/mol. The number of rotatable bonds is 0. The molecule has 0 aromatic rings. The van der Waals surface area contributed by atoms with Crippen molar-refractivity contribution >= 4 is 10.9 Å². The van der Waals surface area contributed by atoms with Crippen LogP contribution in [-0.2, 0) is 0 Å². The first-order chi connectivity index (χ1) is 3.39. The van der Waals surface area contributed by atoms with Crippen molar-refractivity contribution in [3.63, 3.8) is 0 Å². The molecule has 0 aromatic heterocycles. The molecule has 0 N–H and O–H groups in total. The Morgan fingerprint density at radius 1 is 1.43 bits per heavy atom. The van der Waals surface area contributed by atoms with E-state index in [0.717, 1.165) is 0 Å². The Kier molecular flexibility index (Phi) is 1.58. The molecule has 1 heteroatoms. The third-order valence-corrected chi connectivity index (χ3v) is 2.45. The zero-order chi connectivity index (χ0) is 5.11. The normalized spacial score (nSPS) is 33.6. The molecule has 1 rings (SSSR count). The second-order valence-corrected chi connectivity index (χ2v) is 3.89. The lowest BCUT2D eigenvalue weighted by Gasteiger charge is -2.08. The van der Waals surface area contributed by atoms with Gasteiger partial charge in [-0.2, -0.15) is 0 Å². The third-order valence-electron chi connectivity index (χ3n) is 0.981. The van der Waals surface area contributed by atoms with Gasteiger partial charge in [0.15, 0.2) is 0 Å². The molecule has 40 valence electrons. The van der Waals surface area contributed by atoms with Gasteiger partial charge in [-0.1, -0.05) is 18.2 Å². The lowest BCUT2D eigenvalue weighted by molar-refractivity contribution is 1.72. The highest BCUT2D eigenvalue weighted by molar-refractivity contribution is 8.19. The molecule has 1 unspecified atom stereocenters. The summed E-state index contributed by atoms with van der Waals surface area (Å²) >= 11 is 0. The van der Waals surface area contributed by atoms with Gasteiger partial charge in [0.1, 0.15) is 0 Å². The van der Waals surface area contributed by atoms with Crippen LogP contribution in [0.15, 0.2) is 23.6 Å². The Morgan fingerprint density at radius 3 is 2.57 bits per heavy atom. The summed E-state index contributed by atoms with van der Waals surface area (Å²) in [4.78, 5) is 0. The molecular formula is C6H10S. The van der Waals surface area contributed by atoms with Crippen molar-refractivity contribution in [1.82, 2.24) is 0 Å². The Morgan fingerprint density at radius 2 is 2.29 bits per heavy atom. The first-order valence-corrected chi connectivity index (χ1v) is 4.47. The summed E-state index contributed by atoms with van der Waals surface area (Å²) in [5, 5.41) is 2.29. The van der Waals surface area contributed by atoms with Gasteiger partial charge in [0.05, 0.1) is 0 Å². The molecule has 0 aromatic carbocycles. The van der Waals surface area contributed by atoms with E-state index >= 15 is 0 Å². The van der Waals surface area contributed by atoms with Crippen LogP contribution >= 0.6 is 10.9 Å². The summed E-state index contributed by atoms with van der Waals surface area (Å²) < 4.78 is 0. The van der Waals surface area contributed by atoms with Gasteiger partial charge >= 0.3 is 0 Å². The summed E-state index contributed by atoms with van der Waals surface area (Å²) in [6.45, 7) is 0. The van der Waals surface area contributed by atoms with Crippen molar-refractivity contribution < 1.29 is 0 Å². The van der Waals surface area contributed by atoms with Gasteiger partial charge in [0, 0.05) is 0 Å². The molecule has 0 saturated carbocycles. The summed E-state index contributed by atoms with van der Waals surface area (Å²) in [7, 11) is 0.241. The first kappa shape index (κ1) is 4.98. The molecule has 1 atom stereocenters. The number of allylic oxidation sites excluding steroid dienone is 2. The molecule has 1 aliphatic heterocycles. The Hall–Kier alpha value is -0.170. The molecular weight excluding hydrogens is 104 g/mol. The van der Waals surface area contributed by atoms with Gasteiger partial charge < -0.3 is 0 Å². The van der Waals surface area contributed by atoms with Crippen LogP contribution in [0.1, 0.15) is 0 Å². The van der Waals surface area contributed by atoms with Crippen molar-refractivity contribution in [3.05, 3.63) is 23.6 Å². The van der Waals surface area contributed by atoms with Crippen molar-refractivity contribution in [3.8, 4) is 0 Å². The largest absolute Gasteiger partial charge is 0.233 e. The third kappa shape index (κ3) is 1.39. The van der Waals surface area contributed by atoms with E-state index in [1.807, 2.05) is 0 Å². The van der Waals surface area contributed by atoms with E-state index in [1.165, 1.54) is 5.75 Å². The van der Waals surface area contributed by atoms with Crippen molar-refractivity contribution in [1.29, 1.82) is 0 Å². The Balaban J connectivity index is 2.49. The standard InChI is InChI=1S/C6H10S/c1-7-5-3-2-4-6-7/h2-5,7H,6H2,1H3. The molecule has 0 amide bonds. The summed E-state index contributed by atoms with van der Waals surface area (Å²) in [6, 6.07) is 0. The van der Waals surface area contributed by atoms with Gasteiger partial charge in [-0.25, -0.2) is 10.9 Å². The fraction of sp³-hybridized carbons (Fsp3) is 0.333. The highest BCUT2D eigenvalue weighted by Crippen LogP contribution is 2.23. The Labute approximate surface area is 47.3 Å². The van der Waals surface area contributed by atoms with Crippen LogP contribution in [0.5, 0.6) is 0 Å². The lowest BCUT2D eigenvalue weighted by Crippen LogP contribution is -1.80. The van der Waals surface area contributed by atoms with Gasteiger partial charge in [-0.15, -0.1) is 0 Å². The maximum absolute atomic E-state index is 2.29. The fourth-order valence-electron chi connectivity index (χ4n) is 0.563. The van der Waals surface area contributed by atoms with Crippen LogP contribution in [0.4, 0.5) is 0 Å². The molecule has 0 saturated heterocycles. The zero-order valence-electron chi connectivity index (χ0n) is 4.46. The maximum Gasteiger partial charge on any atom is -0.00376 e. The SMILES string of the molecule is C[SH]1C=CC=CC1. The predicted octanol–water partition coefficient (Wildman–Crippen LogP) is 1.70. The molecule has 0 radical (unpaired) electrons. The van der Waals surface area contributed by atoms with Crippen LogP contribution in [0.3, 0.4) is 0 Å². The van der Waals surface area contributed by atoms with Gasteiger partial charge in [-0.05, 0) is 17.4 Å². The molecule has 0 spiro atoms. The van der Waals surface area contributed by atoms with E-state index in [2.05, 4.69) is 29.9 Å². The monoisotopic (exact) mass is 114 g/mol. The van der Waals surface area contributed by atoms with Crippen LogP contribution in [-0.4, -0.2) is 12.0 Å². The summed E-state index contributed by atoms with van der Waals surface area (Å²) in [6.07, 6.45) is 8.76. The smallest absolute Gasteiger partial charge is 0.00376 e. The van der Waals surface area contributed by atoms with E-state index in [4.69, 9.17) is 0 Å². The maximum atomic E-state index is 2.29. The second-order valence-electron chi connectivity index (χ2n) is 1.71. The molecule has 0 bridgehead atoms. The minimum Gasteiger partial charge on any atom is -0.233 e.